The van der Waals surface area contributed by atoms with Crippen LogP contribution in [0.5, 0.6) is 0 Å². The number of rotatable bonds is 6. The molecule has 1 heterocycles. The lowest BCUT2D eigenvalue weighted by Gasteiger charge is -2.22. The minimum Gasteiger partial charge on any atom is -0.480 e. The van der Waals surface area contributed by atoms with Crippen LogP contribution in [0.3, 0.4) is 0 Å². The number of primary amides is 1. The Kier molecular flexibility index (Phi) is 6.48. The van der Waals surface area contributed by atoms with Gasteiger partial charge in [0.15, 0.2) is 0 Å². The summed E-state index contributed by atoms with van der Waals surface area (Å²) in [7, 11) is 0. The second-order valence-corrected chi connectivity index (χ2v) is 5.70. The minimum absolute atomic E-state index is 0.414. The largest absolute Gasteiger partial charge is 0.480 e. The van der Waals surface area contributed by atoms with E-state index in [4.69, 9.17) is 10.8 Å². The van der Waals surface area contributed by atoms with Crippen molar-refractivity contribution >= 4 is 29.7 Å². The van der Waals surface area contributed by atoms with E-state index in [1.54, 1.807) is 0 Å². The highest BCUT2D eigenvalue weighted by Gasteiger charge is 2.22. The first-order valence-corrected chi connectivity index (χ1v) is 7.27. The molecule has 3 amide bonds. The van der Waals surface area contributed by atoms with E-state index in [9.17, 15) is 14.4 Å². The Morgan fingerprint density at radius 1 is 1.32 bits per heavy atom. The summed E-state index contributed by atoms with van der Waals surface area (Å²) in [5.41, 5.74) is 4.92. The van der Waals surface area contributed by atoms with E-state index in [1.807, 2.05) is 11.8 Å². The van der Waals surface area contributed by atoms with Crippen LogP contribution in [0.2, 0.25) is 0 Å². The van der Waals surface area contributed by atoms with E-state index in [-0.39, 0.29) is 0 Å². The standard InChI is InChI=1S/C11H19N3O4S/c12-9(15)5-8(10(16)17)14-11(18)13-6-7-1-3-19-4-2-7/h7-8H,1-6H2,(H2,12,15)(H,16,17)(H2,13,14,18)/t8-/m1/s1. The third kappa shape index (κ3) is 6.32. The van der Waals surface area contributed by atoms with Gasteiger partial charge in [0.1, 0.15) is 6.04 Å². The number of carboxylic acid groups (broad SMARTS) is 1. The van der Waals surface area contributed by atoms with Gasteiger partial charge in [-0.15, -0.1) is 0 Å². The van der Waals surface area contributed by atoms with Crippen molar-refractivity contribution in [3.05, 3.63) is 0 Å². The fourth-order valence-electron chi connectivity index (χ4n) is 1.80. The maximum atomic E-state index is 11.5. The van der Waals surface area contributed by atoms with E-state index < -0.39 is 30.4 Å². The summed E-state index contributed by atoms with van der Waals surface area (Å²) < 4.78 is 0. The molecular formula is C11H19N3O4S. The van der Waals surface area contributed by atoms with Gasteiger partial charge in [0, 0.05) is 6.54 Å². The Morgan fingerprint density at radius 3 is 2.47 bits per heavy atom. The van der Waals surface area contributed by atoms with Gasteiger partial charge in [-0.2, -0.15) is 11.8 Å². The second kappa shape index (κ2) is 7.88. The average Bonchev–Trinajstić information content (AvgIpc) is 2.36. The molecule has 19 heavy (non-hydrogen) atoms. The molecule has 0 spiro atoms. The Morgan fingerprint density at radius 2 is 1.95 bits per heavy atom. The molecule has 1 atom stereocenters. The van der Waals surface area contributed by atoms with Crippen molar-refractivity contribution in [2.45, 2.75) is 25.3 Å². The van der Waals surface area contributed by atoms with E-state index in [0.717, 1.165) is 24.3 Å². The number of carboxylic acids is 1. The molecule has 1 fully saturated rings. The Labute approximate surface area is 115 Å². The molecule has 8 heteroatoms. The van der Waals surface area contributed by atoms with Crippen LogP contribution in [0.25, 0.3) is 0 Å². The van der Waals surface area contributed by atoms with Crippen molar-refractivity contribution in [3.8, 4) is 0 Å². The number of hydrogen-bond donors (Lipinski definition) is 4. The van der Waals surface area contributed by atoms with Crippen LogP contribution in [-0.2, 0) is 9.59 Å². The van der Waals surface area contributed by atoms with Gasteiger partial charge in [0.25, 0.3) is 0 Å². The van der Waals surface area contributed by atoms with Gasteiger partial charge < -0.3 is 21.5 Å². The number of amides is 3. The predicted molar refractivity (Wildman–Crippen MR) is 71.8 cm³/mol. The molecule has 5 N–H and O–H groups in total. The molecule has 1 aliphatic rings. The van der Waals surface area contributed by atoms with Gasteiger partial charge in [-0.1, -0.05) is 0 Å². The summed E-state index contributed by atoms with van der Waals surface area (Å²) in [5, 5.41) is 13.7. The number of nitrogens with two attached hydrogens (primary N) is 1. The number of nitrogens with one attached hydrogen (secondary N) is 2. The smallest absolute Gasteiger partial charge is 0.326 e. The quantitative estimate of drug-likeness (QED) is 0.537. The van der Waals surface area contributed by atoms with E-state index in [1.165, 1.54) is 0 Å². The van der Waals surface area contributed by atoms with Gasteiger partial charge in [-0.3, -0.25) is 4.79 Å². The van der Waals surface area contributed by atoms with Gasteiger partial charge >= 0.3 is 12.0 Å². The zero-order valence-corrected chi connectivity index (χ0v) is 11.4. The molecule has 1 saturated heterocycles. The maximum absolute atomic E-state index is 11.5. The fraction of sp³-hybridized carbons (Fsp3) is 0.727. The number of hydrogen-bond acceptors (Lipinski definition) is 4. The van der Waals surface area contributed by atoms with E-state index >= 15 is 0 Å². The fourth-order valence-corrected chi connectivity index (χ4v) is 3.00. The normalized spacial score (nSPS) is 17.5. The Bertz CT molecular complexity index is 345. The third-order valence-electron chi connectivity index (χ3n) is 2.90. The minimum atomic E-state index is -1.28. The van der Waals surface area contributed by atoms with Crippen molar-refractivity contribution in [3.63, 3.8) is 0 Å². The third-order valence-corrected chi connectivity index (χ3v) is 3.95. The second-order valence-electron chi connectivity index (χ2n) is 4.47. The molecule has 108 valence electrons. The van der Waals surface area contributed by atoms with Crippen molar-refractivity contribution in [2.24, 2.45) is 11.7 Å². The van der Waals surface area contributed by atoms with Gasteiger partial charge in [-0.05, 0) is 30.3 Å². The lowest BCUT2D eigenvalue weighted by atomic mass is 10.0. The van der Waals surface area contributed by atoms with E-state index in [0.29, 0.717) is 12.5 Å². The Hall–Kier alpha value is -1.44. The number of carbonyl (C=O) groups excluding carboxylic acids is 2. The molecular weight excluding hydrogens is 270 g/mol. The van der Waals surface area contributed by atoms with Gasteiger partial charge in [0.2, 0.25) is 5.91 Å². The lowest BCUT2D eigenvalue weighted by Crippen LogP contribution is -2.48. The topological polar surface area (TPSA) is 122 Å². The van der Waals surface area contributed by atoms with Crippen LogP contribution in [0.15, 0.2) is 0 Å². The molecule has 0 aromatic rings. The molecule has 7 nitrogen and oxygen atoms in total. The molecule has 0 saturated carbocycles. The number of aliphatic carboxylic acids is 1. The molecule has 0 radical (unpaired) electrons. The van der Waals surface area contributed by atoms with Crippen LogP contribution in [0.4, 0.5) is 4.79 Å². The maximum Gasteiger partial charge on any atom is 0.326 e. The zero-order valence-electron chi connectivity index (χ0n) is 10.6. The highest BCUT2D eigenvalue weighted by Crippen LogP contribution is 2.21. The van der Waals surface area contributed by atoms with Gasteiger partial charge in [-0.25, -0.2) is 9.59 Å². The molecule has 0 bridgehead atoms. The van der Waals surface area contributed by atoms with Crippen LogP contribution in [0, 0.1) is 5.92 Å². The van der Waals surface area contributed by atoms with E-state index in [2.05, 4.69) is 10.6 Å². The number of thioether (sulfide) groups is 1. The van der Waals surface area contributed by atoms with Crippen molar-refractivity contribution < 1.29 is 19.5 Å². The molecule has 1 rings (SSSR count). The Balaban J connectivity index is 2.31. The van der Waals surface area contributed by atoms with Crippen LogP contribution in [0.1, 0.15) is 19.3 Å². The van der Waals surface area contributed by atoms with Crippen LogP contribution >= 0.6 is 11.8 Å². The highest BCUT2D eigenvalue weighted by atomic mass is 32.2. The summed E-state index contributed by atoms with van der Waals surface area (Å²) >= 11 is 1.90. The highest BCUT2D eigenvalue weighted by molar-refractivity contribution is 7.99. The number of urea groups is 1. The summed E-state index contributed by atoms with van der Waals surface area (Å²) in [6.07, 6.45) is 1.69. The summed E-state index contributed by atoms with van der Waals surface area (Å²) in [4.78, 5) is 33.0. The number of carbonyl (C=O) groups is 3. The summed E-state index contributed by atoms with van der Waals surface area (Å²) in [6.45, 7) is 0.523. The summed E-state index contributed by atoms with van der Waals surface area (Å²) in [5.74, 6) is 0.576. The SMILES string of the molecule is NC(=O)C[C@@H](NC(=O)NCC1CCSCC1)C(=O)O. The van der Waals surface area contributed by atoms with Crippen LogP contribution < -0.4 is 16.4 Å². The predicted octanol–water partition coefficient (Wildman–Crippen LogP) is -0.243. The lowest BCUT2D eigenvalue weighted by molar-refractivity contribution is -0.140. The molecule has 0 unspecified atom stereocenters. The first-order chi connectivity index (χ1) is 8.99. The van der Waals surface area contributed by atoms with Crippen molar-refractivity contribution in [1.29, 1.82) is 0 Å². The molecule has 0 aromatic heterocycles. The zero-order chi connectivity index (χ0) is 14.3. The first-order valence-electron chi connectivity index (χ1n) is 6.12. The van der Waals surface area contributed by atoms with Crippen molar-refractivity contribution in [1.82, 2.24) is 10.6 Å². The van der Waals surface area contributed by atoms with Crippen molar-refractivity contribution in [2.75, 3.05) is 18.1 Å². The first kappa shape index (κ1) is 15.6. The molecule has 0 aromatic carbocycles. The molecule has 1 aliphatic heterocycles. The molecule has 0 aliphatic carbocycles. The monoisotopic (exact) mass is 289 g/mol. The summed E-state index contributed by atoms with van der Waals surface area (Å²) in [6, 6.07) is -1.86. The average molecular weight is 289 g/mol. The van der Waals surface area contributed by atoms with Gasteiger partial charge in [0.05, 0.1) is 6.42 Å². The van der Waals surface area contributed by atoms with Crippen LogP contribution in [-0.4, -0.2) is 47.1 Å².